The minimum atomic E-state index is -0.495. The first-order valence-electron chi connectivity index (χ1n) is 10.4. The molecule has 3 aromatic rings. The number of aromatic nitrogens is 3. The number of nitriles is 1. The number of benzene rings is 1. The average Bonchev–Trinajstić information content (AvgIpc) is 3.27. The van der Waals surface area contributed by atoms with Crippen LogP contribution < -0.4 is 4.74 Å². The Bertz CT molecular complexity index is 1200. The molecule has 1 aromatic carbocycles. The van der Waals surface area contributed by atoms with Crippen LogP contribution in [0.5, 0.6) is 5.88 Å². The molecule has 1 fully saturated rings. The molecule has 0 radical (unpaired) electrons. The molecule has 33 heavy (non-hydrogen) atoms. The van der Waals surface area contributed by atoms with E-state index in [0.29, 0.717) is 35.9 Å². The lowest BCUT2D eigenvalue weighted by Crippen LogP contribution is -2.32. The van der Waals surface area contributed by atoms with Crippen LogP contribution in [-0.2, 0) is 0 Å². The van der Waals surface area contributed by atoms with Crippen molar-refractivity contribution in [1.29, 1.82) is 5.26 Å². The highest BCUT2D eigenvalue weighted by Gasteiger charge is 2.40. The molecule has 2 aromatic heterocycles. The topological polar surface area (TPSA) is 92.0 Å². The summed E-state index contributed by atoms with van der Waals surface area (Å²) in [4.78, 5) is 27.3. The van der Waals surface area contributed by atoms with E-state index in [-0.39, 0.29) is 28.9 Å². The zero-order chi connectivity index (χ0) is 23.5. The van der Waals surface area contributed by atoms with Crippen molar-refractivity contribution in [3.63, 3.8) is 0 Å². The SMILES string of the molecule is Cc1ncc(C(=O)N2C[C@H]([C@H](C)Oc3ccc(C#N)cn3)[C@@H](c3ccc(F)c(Cl)c3)C2)cn1. The number of aryl methyl sites for hydroxylation is 1. The van der Waals surface area contributed by atoms with E-state index in [1.807, 2.05) is 13.0 Å². The largest absolute Gasteiger partial charge is 0.474 e. The van der Waals surface area contributed by atoms with Gasteiger partial charge in [-0.25, -0.2) is 19.3 Å². The lowest BCUT2D eigenvalue weighted by atomic mass is 9.85. The number of likely N-dealkylation sites (tertiary alicyclic amines) is 1. The predicted molar refractivity (Wildman–Crippen MR) is 119 cm³/mol. The summed E-state index contributed by atoms with van der Waals surface area (Å²) in [5.74, 6) is 0.0481. The highest BCUT2D eigenvalue weighted by molar-refractivity contribution is 6.30. The molecule has 3 atom stereocenters. The van der Waals surface area contributed by atoms with Crippen LogP contribution in [-0.4, -0.2) is 45.0 Å². The van der Waals surface area contributed by atoms with E-state index in [4.69, 9.17) is 21.6 Å². The monoisotopic (exact) mass is 465 g/mol. The summed E-state index contributed by atoms with van der Waals surface area (Å²) >= 11 is 6.05. The Balaban J connectivity index is 1.60. The predicted octanol–water partition coefficient (Wildman–Crippen LogP) is 4.17. The Morgan fingerprint density at radius 1 is 1.21 bits per heavy atom. The summed E-state index contributed by atoms with van der Waals surface area (Å²) in [7, 11) is 0. The molecule has 1 amide bonds. The Morgan fingerprint density at radius 2 is 1.97 bits per heavy atom. The van der Waals surface area contributed by atoms with Gasteiger partial charge in [-0.2, -0.15) is 5.26 Å². The summed E-state index contributed by atoms with van der Waals surface area (Å²) in [6.07, 6.45) is 4.15. The van der Waals surface area contributed by atoms with Gasteiger partial charge in [-0.3, -0.25) is 4.79 Å². The van der Waals surface area contributed by atoms with E-state index in [1.54, 1.807) is 36.1 Å². The van der Waals surface area contributed by atoms with Gasteiger partial charge in [0.1, 0.15) is 23.8 Å². The van der Waals surface area contributed by atoms with Crippen LogP contribution >= 0.6 is 11.6 Å². The molecule has 168 valence electrons. The number of hydrogen-bond acceptors (Lipinski definition) is 6. The quantitative estimate of drug-likeness (QED) is 0.561. The Kier molecular flexibility index (Phi) is 6.52. The van der Waals surface area contributed by atoms with Crippen LogP contribution in [0.1, 0.15) is 40.2 Å². The van der Waals surface area contributed by atoms with Gasteiger partial charge in [0.15, 0.2) is 0 Å². The fraction of sp³-hybridized carbons (Fsp3) is 0.292. The van der Waals surface area contributed by atoms with Gasteiger partial charge < -0.3 is 9.64 Å². The second kappa shape index (κ2) is 9.51. The number of hydrogen-bond donors (Lipinski definition) is 0. The van der Waals surface area contributed by atoms with E-state index in [9.17, 15) is 9.18 Å². The van der Waals surface area contributed by atoms with E-state index >= 15 is 0 Å². The maximum Gasteiger partial charge on any atom is 0.257 e. The lowest BCUT2D eigenvalue weighted by Gasteiger charge is -2.25. The summed E-state index contributed by atoms with van der Waals surface area (Å²) < 4.78 is 19.8. The highest BCUT2D eigenvalue weighted by atomic mass is 35.5. The Morgan fingerprint density at radius 3 is 2.61 bits per heavy atom. The fourth-order valence-electron chi connectivity index (χ4n) is 4.05. The summed E-state index contributed by atoms with van der Waals surface area (Å²) in [6, 6.07) is 9.92. The van der Waals surface area contributed by atoms with Crippen molar-refractivity contribution in [2.75, 3.05) is 13.1 Å². The van der Waals surface area contributed by atoms with Gasteiger partial charge in [-0.05, 0) is 37.6 Å². The second-order valence-electron chi connectivity index (χ2n) is 7.99. The van der Waals surface area contributed by atoms with Crippen LogP contribution in [0, 0.1) is 30.0 Å². The fourth-order valence-corrected chi connectivity index (χ4v) is 4.23. The first-order valence-corrected chi connectivity index (χ1v) is 10.8. The number of pyridine rings is 1. The van der Waals surface area contributed by atoms with Crippen molar-refractivity contribution < 1.29 is 13.9 Å². The molecular formula is C24H21ClFN5O2. The van der Waals surface area contributed by atoms with E-state index < -0.39 is 5.82 Å². The van der Waals surface area contributed by atoms with Crippen molar-refractivity contribution in [2.24, 2.45) is 5.92 Å². The van der Waals surface area contributed by atoms with Gasteiger partial charge in [0.2, 0.25) is 5.88 Å². The first kappa shape index (κ1) is 22.6. The molecule has 3 heterocycles. The number of nitrogens with zero attached hydrogens (tertiary/aromatic N) is 5. The van der Waals surface area contributed by atoms with Crippen molar-refractivity contribution in [3.05, 3.63) is 82.3 Å². The van der Waals surface area contributed by atoms with Crippen molar-refractivity contribution in [3.8, 4) is 11.9 Å². The van der Waals surface area contributed by atoms with Crippen LogP contribution in [0.3, 0.4) is 0 Å². The first-order chi connectivity index (χ1) is 15.9. The normalized spacial score (nSPS) is 18.6. The maximum absolute atomic E-state index is 13.8. The zero-order valence-electron chi connectivity index (χ0n) is 18.1. The third kappa shape index (κ3) is 4.94. The van der Waals surface area contributed by atoms with Gasteiger partial charge in [0, 0.05) is 49.6 Å². The van der Waals surface area contributed by atoms with E-state index in [1.165, 1.54) is 24.7 Å². The molecule has 1 saturated heterocycles. The van der Waals surface area contributed by atoms with Crippen molar-refractivity contribution in [2.45, 2.75) is 25.9 Å². The molecular weight excluding hydrogens is 445 g/mol. The smallest absolute Gasteiger partial charge is 0.257 e. The molecule has 0 spiro atoms. The number of ether oxygens (including phenoxy) is 1. The minimum Gasteiger partial charge on any atom is -0.474 e. The number of rotatable bonds is 5. The summed E-state index contributed by atoms with van der Waals surface area (Å²) in [5.41, 5.74) is 1.66. The van der Waals surface area contributed by atoms with E-state index in [0.717, 1.165) is 5.56 Å². The van der Waals surface area contributed by atoms with E-state index in [2.05, 4.69) is 15.0 Å². The van der Waals surface area contributed by atoms with Gasteiger partial charge in [0.25, 0.3) is 5.91 Å². The molecule has 0 unspecified atom stereocenters. The van der Waals surface area contributed by atoms with Gasteiger partial charge >= 0.3 is 0 Å². The van der Waals surface area contributed by atoms with Gasteiger partial charge in [-0.1, -0.05) is 17.7 Å². The average molecular weight is 466 g/mol. The highest BCUT2D eigenvalue weighted by Crippen LogP contribution is 2.38. The summed E-state index contributed by atoms with van der Waals surface area (Å²) in [6.45, 7) is 4.49. The van der Waals surface area contributed by atoms with Crippen LogP contribution in [0.2, 0.25) is 5.02 Å². The third-order valence-electron chi connectivity index (χ3n) is 5.83. The molecule has 0 bridgehead atoms. The molecule has 0 saturated carbocycles. The lowest BCUT2D eigenvalue weighted by molar-refractivity contribution is 0.0769. The van der Waals surface area contributed by atoms with Crippen molar-refractivity contribution in [1.82, 2.24) is 19.9 Å². The van der Waals surface area contributed by atoms with Crippen LogP contribution in [0.25, 0.3) is 0 Å². The molecule has 1 aliphatic heterocycles. The standard InChI is InChI=1S/C24H21ClFN5O2/c1-14(33-23-6-3-16(8-27)9-30-23)19-12-31(24(32)18-10-28-15(2)29-11-18)13-20(19)17-4-5-22(26)21(25)7-17/h3-7,9-11,14,19-20H,12-13H2,1-2H3/t14-,19+,20+/m0/s1. The number of carbonyl (C=O) groups is 1. The number of halogens is 2. The summed E-state index contributed by atoms with van der Waals surface area (Å²) in [5, 5.41) is 8.99. The Labute approximate surface area is 195 Å². The van der Waals surface area contributed by atoms with Crippen molar-refractivity contribution >= 4 is 17.5 Å². The third-order valence-corrected chi connectivity index (χ3v) is 6.12. The van der Waals surface area contributed by atoms with Crippen LogP contribution in [0.15, 0.2) is 48.9 Å². The molecule has 4 rings (SSSR count). The van der Waals surface area contributed by atoms with Gasteiger partial charge in [0.05, 0.1) is 16.1 Å². The Hall–Kier alpha value is -3.57. The second-order valence-corrected chi connectivity index (χ2v) is 8.40. The number of amides is 1. The molecule has 9 heteroatoms. The molecule has 0 aliphatic carbocycles. The minimum absolute atomic E-state index is 0.0327. The zero-order valence-corrected chi connectivity index (χ0v) is 18.8. The van der Waals surface area contributed by atoms with Crippen LogP contribution in [0.4, 0.5) is 4.39 Å². The molecule has 0 N–H and O–H groups in total. The molecule has 1 aliphatic rings. The van der Waals surface area contributed by atoms with Gasteiger partial charge in [-0.15, -0.1) is 0 Å². The maximum atomic E-state index is 13.8. The molecule has 7 nitrogen and oxygen atoms in total. The number of carbonyl (C=O) groups excluding carboxylic acids is 1.